The van der Waals surface area contributed by atoms with Crippen LogP contribution < -0.4 is 11.2 Å². The smallest absolute Gasteiger partial charge is 0.353 e. The first-order valence-corrected chi connectivity index (χ1v) is 6.06. The van der Waals surface area contributed by atoms with E-state index in [-0.39, 0.29) is 4.47 Å². The highest BCUT2D eigenvalue weighted by Crippen LogP contribution is 2.10. The molecule has 0 aliphatic rings. The highest BCUT2D eigenvalue weighted by Gasteiger charge is 2.17. The summed E-state index contributed by atoms with van der Waals surface area (Å²) in [4.78, 5) is 36.9. The largest absolute Gasteiger partial charge is 0.477 e. The topological polar surface area (TPSA) is 92.2 Å². The molecule has 0 saturated heterocycles. The van der Waals surface area contributed by atoms with Crippen molar-refractivity contribution in [1.29, 1.82) is 0 Å². The van der Waals surface area contributed by atoms with Gasteiger partial charge in [-0.25, -0.2) is 14.2 Å². The zero-order valence-corrected chi connectivity index (χ0v) is 11.4. The Morgan fingerprint density at radius 3 is 2.37 bits per heavy atom. The number of carbonyl (C=O) groups is 1. The van der Waals surface area contributed by atoms with E-state index in [0.717, 1.165) is 10.1 Å². The second kappa shape index (κ2) is 4.85. The normalized spacial score (nSPS) is 10.4. The highest BCUT2D eigenvalue weighted by atomic mass is 79.9. The van der Waals surface area contributed by atoms with Crippen LogP contribution in [0, 0.1) is 6.92 Å². The SMILES string of the molecule is Cc1ccc(-n2c(=O)[nH]c(C(=O)O)c(Br)c2=O)cc1. The van der Waals surface area contributed by atoms with Gasteiger partial charge in [-0.2, -0.15) is 0 Å². The third-order valence-electron chi connectivity index (χ3n) is 2.55. The lowest BCUT2D eigenvalue weighted by molar-refractivity contribution is 0.0688. The van der Waals surface area contributed by atoms with Gasteiger partial charge in [0.25, 0.3) is 5.56 Å². The molecule has 98 valence electrons. The number of rotatable bonds is 2. The zero-order chi connectivity index (χ0) is 14.2. The molecule has 2 aromatic rings. The quantitative estimate of drug-likeness (QED) is 0.870. The number of H-pyrrole nitrogens is 1. The molecule has 0 atom stereocenters. The van der Waals surface area contributed by atoms with Crippen LogP contribution in [0.2, 0.25) is 0 Å². The first-order valence-electron chi connectivity index (χ1n) is 5.27. The molecule has 2 rings (SSSR count). The van der Waals surface area contributed by atoms with Gasteiger partial charge in [-0.15, -0.1) is 0 Å². The maximum atomic E-state index is 12.0. The summed E-state index contributed by atoms with van der Waals surface area (Å²) in [5.74, 6) is -1.38. The molecule has 2 N–H and O–H groups in total. The molecule has 1 aromatic heterocycles. The first kappa shape index (κ1) is 13.3. The van der Waals surface area contributed by atoms with E-state index in [1.807, 2.05) is 6.92 Å². The van der Waals surface area contributed by atoms with Crippen molar-refractivity contribution in [2.75, 3.05) is 0 Å². The second-order valence-electron chi connectivity index (χ2n) is 3.90. The molecular weight excluding hydrogens is 316 g/mol. The van der Waals surface area contributed by atoms with Gasteiger partial charge in [0, 0.05) is 0 Å². The average molecular weight is 325 g/mol. The van der Waals surface area contributed by atoms with Crippen LogP contribution in [0.25, 0.3) is 5.69 Å². The minimum atomic E-state index is -1.38. The molecule has 0 saturated carbocycles. The van der Waals surface area contributed by atoms with Gasteiger partial charge in [0.1, 0.15) is 10.2 Å². The van der Waals surface area contributed by atoms with E-state index < -0.39 is 22.9 Å². The van der Waals surface area contributed by atoms with E-state index in [1.54, 1.807) is 24.3 Å². The fraction of sp³-hybridized carbons (Fsp3) is 0.0833. The molecule has 6 nitrogen and oxygen atoms in total. The van der Waals surface area contributed by atoms with Crippen molar-refractivity contribution in [3.05, 3.63) is 60.8 Å². The van der Waals surface area contributed by atoms with Crippen LogP contribution in [-0.2, 0) is 0 Å². The van der Waals surface area contributed by atoms with Crippen LogP contribution in [0.3, 0.4) is 0 Å². The molecule has 0 unspecified atom stereocenters. The number of benzene rings is 1. The Morgan fingerprint density at radius 2 is 1.84 bits per heavy atom. The summed E-state index contributed by atoms with van der Waals surface area (Å²) in [6.07, 6.45) is 0. The van der Waals surface area contributed by atoms with Gasteiger partial charge in [-0.3, -0.25) is 9.78 Å². The summed E-state index contributed by atoms with van der Waals surface area (Å²) in [5.41, 5.74) is -0.623. The third kappa shape index (κ3) is 2.37. The predicted octanol–water partition coefficient (Wildman–Crippen LogP) is 1.29. The number of carboxylic acid groups (broad SMARTS) is 1. The van der Waals surface area contributed by atoms with Crippen molar-refractivity contribution in [3.63, 3.8) is 0 Å². The van der Waals surface area contributed by atoms with Crippen LogP contribution in [0.4, 0.5) is 0 Å². The molecule has 7 heteroatoms. The molecule has 1 heterocycles. The number of aromatic amines is 1. The first-order chi connectivity index (χ1) is 8.91. The van der Waals surface area contributed by atoms with Crippen LogP contribution in [0.5, 0.6) is 0 Å². The molecule has 0 amide bonds. The standard InChI is InChI=1S/C12H9BrN2O4/c1-6-2-4-7(5-3-6)15-10(16)8(13)9(11(17)18)14-12(15)19/h2-5H,1H3,(H,14,19)(H,17,18). The minimum absolute atomic E-state index is 0.194. The van der Waals surface area contributed by atoms with E-state index in [9.17, 15) is 14.4 Å². The number of aryl methyl sites for hydroxylation is 1. The van der Waals surface area contributed by atoms with Crippen molar-refractivity contribution in [3.8, 4) is 5.69 Å². The number of nitrogens with zero attached hydrogens (tertiary/aromatic N) is 1. The third-order valence-corrected chi connectivity index (χ3v) is 3.29. The van der Waals surface area contributed by atoms with Gasteiger partial charge in [-0.1, -0.05) is 17.7 Å². The maximum Gasteiger partial charge on any atom is 0.353 e. The van der Waals surface area contributed by atoms with Crippen molar-refractivity contribution in [1.82, 2.24) is 9.55 Å². The fourth-order valence-electron chi connectivity index (χ4n) is 1.59. The van der Waals surface area contributed by atoms with Crippen molar-refractivity contribution < 1.29 is 9.90 Å². The Kier molecular flexibility index (Phi) is 3.39. The van der Waals surface area contributed by atoms with Crippen LogP contribution in [0.15, 0.2) is 38.3 Å². The van der Waals surface area contributed by atoms with Gasteiger partial charge in [0.15, 0.2) is 0 Å². The summed E-state index contributed by atoms with van der Waals surface area (Å²) in [5, 5.41) is 8.86. The Balaban J connectivity index is 2.76. The monoisotopic (exact) mass is 324 g/mol. The molecule has 0 bridgehead atoms. The van der Waals surface area contributed by atoms with Crippen LogP contribution in [-0.4, -0.2) is 20.6 Å². The molecule has 0 fully saturated rings. The summed E-state index contributed by atoms with van der Waals surface area (Å²) >= 11 is 2.89. The summed E-state index contributed by atoms with van der Waals surface area (Å²) in [7, 11) is 0. The lowest BCUT2D eigenvalue weighted by Gasteiger charge is -2.07. The molecule has 19 heavy (non-hydrogen) atoms. The predicted molar refractivity (Wildman–Crippen MR) is 72.1 cm³/mol. The molecular formula is C12H9BrN2O4. The molecule has 0 spiro atoms. The number of aromatic nitrogens is 2. The molecule has 1 aromatic carbocycles. The highest BCUT2D eigenvalue weighted by molar-refractivity contribution is 9.10. The van der Waals surface area contributed by atoms with Crippen molar-refractivity contribution >= 4 is 21.9 Å². The van der Waals surface area contributed by atoms with E-state index >= 15 is 0 Å². The van der Waals surface area contributed by atoms with Gasteiger partial charge in [0.05, 0.1) is 5.69 Å². The fourth-order valence-corrected chi connectivity index (χ4v) is 2.04. The van der Waals surface area contributed by atoms with E-state index in [0.29, 0.717) is 5.69 Å². The lowest BCUT2D eigenvalue weighted by Crippen LogP contribution is -2.36. The number of carboxylic acids is 1. The van der Waals surface area contributed by atoms with Gasteiger partial charge in [-0.05, 0) is 35.0 Å². The molecule has 0 radical (unpaired) electrons. The maximum absolute atomic E-state index is 12.0. The van der Waals surface area contributed by atoms with Crippen LogP contribution >= 0.6 is 15.9 Å². The van der Waals surface area contributed by atoms with Gasteiger partial charge >= 0.3 is 11.7 Å². The Labute approximate surface area is 115 Å². The van der Waals surface area contributed by atoms with Gasteiger partial charge < -0.3 is 5.11 Å². The number of halogens is 1. The minimum Gasteiger partial charge on any atom is -0.477 e. The number of nitrogens with one attached hydrogen (secondary N) is 1. The van der Waals surface area contributed by atoms with Gasteiger partial charge in [0.2, 0.25) is 0 Å². The van der Waals surface area contributed by atoms with Crippen molar-refractivity contribution in [2.45, 2.75) is 6.92 Å². The van der Waals surface area contributed by atoms with E-state index in [1.165, 1.54) is 0 Å². The lowest BCUT2D eigenvalue weighted by atomic mass is 10.2. The number of hydrogen-bond donors (Lipinski definition) is 2. The van der Waals surface area contributed by atoms with Crippen molar-refractivity contribution in [2.24, 2.45) is 0 Å². The average Bonchev–Trinajstić information content (AvgIpc) is 2.36. The zero-order valence-electron chi connectivity index (χ0n) is 9.81. The number of hydrogen-bond acceptors (Lipinski definition) is 3. The Bertz CT molecular complexity index is 759. The Hall–Kier alpha value is -2.15. The number of aromatic carboxylic acids is 1. The molecule has 0 aliphatic carbocycles. The van der Waals surface area contributed by atoms with Crippen LogP contribution in [0.1, 0.15) is 16.1 Å². The second-order valence-corrected chi connectivity index (χ2v) is 4.69. The van der Waals surface area contributed by atoms with E-state index in [2.05, 4.69) is 20.9 Å². The summed E-state index contributed by atoms with van der Waals surface area (Å²) in [6, 6.07) is 6.72. The summed E-state index contributed by atoms with van der Waals surface area (Å²) < 4.78 is 0.677. The molecule has 0 aliphatic heterocycles. The summed E-state index contributed by atoms with van der Waals surface area (Å²) in [6.45, 7) is 1.88. The Morgan fingerprint density at radius 1 is 1.26 bits per heavy atom. The van der Waals surface area contributed by atoms with E-state index in [4.69, 9.17) is 5.11 Å².